The van der Waals surface area contributed by atoms with E-state index in [9.17, 15) is 4.79 Å². The maximum absolute atomic E-state index is 11.9. The molecular formula is C11H14N6O. The summed E-state index contributed by atoms with van der Waals surface area (Å²) >= 11 is 0. The third-order valence-electron chi connectivity index (χ3n) is 2.98. The zero-order chi connectivity index (χ0) is 12.5. The van der Waals surface area contributed by atoms with Crippen molar-refractivity contribution >= 4 is 0 Å². The van der Waals surface area contributed by atoms with Gasteiger partial charge in [-0.1, -0.05) is 5.21 Å². The van der Waals surface area contributed by atoms with E-state index in [1.165, 1.54) is 4.68 Å². The van der Waals surface area contributed by atoms with Crippen molar-refractivity contribution in [3.8, 4) is 0 Å². The molecule has 18 heavy (non-hydrogen) atoms. The van der Waals surface area contributed by atoms with Crippen LogP contribution in [-0.2, 0) is 26.6 Å². The zero-order valence-corrected chi connectivity index (χ0v) is 10.1. The van der Waals surface area contributed by atoms with Crippen LogP contribution in [0.5, 0.6) is 0 Å². The number of rotatable bonds is 2. The molecule has 1 aliphatic heterocycles. The molecule has 0 bridgehead atoms. The first-order valence-electron chi connectivity index (χ1n) is 5.88. The van der Waals surface area contributed by atoms with Gasteiger partial charge in [-0.2, -0.15) is 5.10 Å². The lowest BCUT2D eigenvalue weighted by molar-refractivity contribution is 0.558. The third kappa shape index (κ3) is 2.04. The first kappa shape index (κ1) is 11.1. The predicted octanol–water partition coefficient (Wildman–Crippen LogP) is -0.934. The number of fused-ring (bicyclic) bond motifs is 1. The smallest absolute Gasteiger partial charge is 0.267 e. The summed E-state index contributed by atoms with van der Waals surface area (Å²) in [5, 5.41) is 15.4. The van der Waals surface area contributed by atoms with Gasteiger partial charge in [0.25, 0.3) is 5.56 Å². The normalized spacial score (nSPS) is 14.5. The number of aromatic nitrogens is 5. The molecular weight excluding hydrogens is 232 g/mol. The number of nitrogens with zero attached hydrogens (tertiary/aromatic N) is 5. The van der Waals surface area contributed by atoms with E-state index in [1.807, 2.05) is 0 Å². The lowest BCUT2D eigenvalue weighted by Gasteiger charge is -2.16. The Hall–Kier alpha value is -2.02. The SMILES string of the molecule is Cn1cc(Cn2nc3c(cc2=O)CNCC3)nn1. The van der Waals surface area contributed by atoms with Crippen molar-refractivity contribution in [3.05, 3.63) is 39.6 Å². The van der Waals surface area contributed by atoms with E-state index in [2.05, 4.69) is 20.7 Å². The maximum Gasteiger partial charge on any atom is 0.267 e. The molecule has 1 N–H and O–H groups in total. The third-order valence-corrected chi connectivity index (χ3v) is 2.98. The van der Waals surface area contributed by atoms with Gasteiger partial charge in [0.05, 0.1) is 18.4 Å². The number of nitrogens with one attached hydrogen (secondary N) is 1. The average Bonchev–Trinajstić information content (AvgIpc) is 2.76. The second-order valence-electron chi connectivity index (χ2n) is 4.42. The second-order valence-corrected chi connectivity index (χ2v) is 4.42. The average molecular weight is 246 g/mol. The lowest BCUT2D eigenvalue weighted by Crippen LogP contribution is -2.31. The van der Waals surface area contributed by atoms with Crippen LogP contribution in [0.25, 0.3) is 0 Å². The standard InChI is InChI=1S/C11H14N6O/c1-16-6-9(13-15-16)7-17-11(18)4-8-5-12-3-2-10(8)14-17/h4,6,12H,2-3,5,7H2,1H3. The molecule has 0 amide bonds. The van der Waals surface area contributed by atoms with E-state index in [-0.39, 0.29) is 5.56 Å². The van der Waals surface area contributed by atoms with Gasteiger partial charge in [-0.25, -0.2) is 4.68 Å². The molecule has 0 saturated carbocycles. The highest BCUT2D eigenvalue weighted by Crippen LogP contribution is 2.07. The van der Waals surface area contributed by atoms with E-state index in [4.69, 9.17) is 0 Å². The summed E-state index contributed by atoms with van der Waals surface area (Å²) in [5.41, 5.74) is 2.64. The molecule has 3 rings (SSSR count). The Morgan fingerprint density at radius 3 is 3.17 bits per heavy atom. The van der Waals surface area contributed by atoms with Crippen LogP contribution in [-0.4, -0.2) is 31.3 Å². The molecule has 2 aromatic heterocycles. The summed E-state index contributed by atoms with van der Waals surface area (Å²) in [6.07, 6.45) is 2.64. The lowest BCUT2D eigenvalue weighted by atomic mass is 10.1. The summed E-state index contributed by atoms with van der Waals surface area (Å²) in [7, 11) is 1.80. The predicted molar refractivity (Wildman–Crippen MR) is 64.0 cm³/mol. The van der Waals surface area contributed by atoms with Crippen LogP contribution in [0.4, 0.5) is 0 Å². The van der Waals surface area contributed by atoms with Gasteiger partial charge in [-0.15, -0.1) is 5.10 Å². The van der Waals surface area contributed by atoms with E-state index >= 15 is 0 Å². The van der Waals surface area contributed by atoms with Gasteiger partial charge >= 0.3 is 0 Å². The zero-order valence-electron chi connectivity index (χ0n) is 10.1. The summed E-state index contributed by atoms with van der Waals surface area (Å²) in [6.45, 7) is 2.00. The van der Waals surface area contributed by atoms with Crippen LogP contribution in [0.15, 0.2) is 17.1 Å². The minimum atomic E-state index is -0.0943. The largest absolute Gasteiger partial charge is 0.312 e. The van der Waals surface area contributed by atoms with Gasteiger partial charge in [-0.05, 0) is 5.56 Å². The van der Waals surface area contributed by atoms with Crippen molar-refractivity contribution in [2.45, 2.75) is 19.5 Å². The number of hydrogen-bond donors (Lipinski definition) is 1. The molecule has 0 radical (unpaired) electrons. The Labute approximate surface area is 103 Å². The molecule has 2 aromatic rings. The van der Waals surface area contributed by atoms with E-state index in [0.717, 1.165) is 36.5 Å². The molecule has 0 saturated heterocycles. The molecule has 94 valence electrons. The molecule has 7 heteroatoms. The molecule has 3 heterocycles. The minimum absolute atomic E-state index is 0.0943. The molecule has 0 aliphatic carbocycles. The Kier molecular flexibility index (Phi) is 2.67. The minimum Gasteiger partial charge on any atom is -0.312 e. The van der Waals surface area contributed by atoms with Crippen molar-refractivity contribution in [2.75, 3.05) is 6.54 Å². The Balaban J connectivity index is 1.94. The van der Waals surface area contributed by atoms with Crippen LogP contribution in [0.1, 0.15) is 17.0 Å². The van der Waals surface area contributed by atoms with Crippen LogP contribution < -0.4 is 10.9 Å². The van der Waals surface area contributed by atoms with Crippen molar-refractivity contribution in [2.24, 2.45) is 7.05 Å². The summed E-state index contributed by atoms with van der Waals surface area (Å²) in [4.78, 5) is 11.9. The Morgan fingerprint density at radius 2 is 2.39 bits per heavy atom. The fourth-order valence-corrected chi connectivity index (χ4v) is 2.09. The molecule has 7 nitrogen and oxygen atoms in total. The highest BCUT2D eigenvalue weighted by Gasteiger charge is 2.13. The van der Waals surface area contributed by atoms with E-state index < -0.39 is 0 Å². The number of hydrogen-bond acceptors (Lipinski definition) is 5. The van der Waals surface area contributed by atoms with Gasteiger partial charge in [0, 0.05) is 32.6 Å². The van der Waals surface area contributed by atoms with Gasteiger partial charge in [-0.3, -0.25) is 9.48 Å². The highest BCUT2D eigenvalue weighted by atomic mass is 16.1. The fraction of sp³-hybridized carbons (Fsp3) is 0.455. The summed E-state index contributed by atoms with van der Waals surface area (Å²) in [6, 6.07) is 1.66. The van der Waals surface area contributed by atoms with Gasteiger partial charge < -0.3 is 5.32 Å². The monoisotopic (exact) mass is 246 g/mol. The molecule has 0 aromatic carbocycles. The highest BCUT2D eigenvalue weighted by molar-refractivity contribution is 5.20. The molecule has 1 aliphatic rings. The van der Waals surface area contributed by atoms with Crippen LogP contribution in [0.2, 0.25) is 0 Å². The van der Waals surface area contributed by atoms with E-state index in [1.54, 1.807) is 24.0 Å². The molecule has 0 unspecified atom stereocenters. The molecule has 0 fully saturated rings. The first-order valence-corrected chi connectivity index (χ1v) is 5.88. The Morgan fingerprint density at radius 1 is 1.50 bits per heavy atom. The fourth-order valence-electron chi connectivity index (χ4n) is 2.09. The molecule has 0 spiro atoms. The summed E-state index contributed by atoms with van der Waals surface area (Å²) in [5.74, 6) is 0. The van der Waals surface area contributed by atoms with Crippen molar-refractivity contribution < 1.29 is 0 Å². The maximum atomic E-state index is 11.9. The van der Waals surface area contributed by atoms with Crippen molar-refractivity contribution in [3.63, 3.8) is 0 Å². The van der Waals surface area contributed by atoms with E-state index in [0.29, 0.717) is 6.54 Å². The topological polar surface area (TPSA) is 77.6 Å². The van der Waals surface area contributed by atoms with Gasteiger partial charge in [0.2, 0.25) is 0 Å². The molecule has 0 atom stereocenters. The quantitative estimate of drug-likeness (QED) is 0.740. The first-order chi connectivity index (χ1) is 8.72. The second kappa shape index (κ2) is 4.34. The van der Waals surface area contributed by atoms with Crippen molar-refractivity contribution in [1.82, 2.24) is 30.1 Å². The van der Waals surface area contributed by atoms with Crippen molar-refractivity contribution in [1.29, 1.82) is 0 Å². The van der Waals surface area contributed by atoms with Crippen LogP contribution >= 0.6 is 0 Å². The number of aryl methyl sites for hydroxylation is 1. The Bertz CT molecular complexity index is 629. The van der Waals surface area contributed by atoms with Crippen LogP contribution in [0, 0.1) is 0 Å². The van der Waals surface area contributed by atoms with Gasteiger partial charge in [0.1, 0.15) is 5.69 Å². The van der Waals surface area contributed by atoms with Gasteiger partial charge in [0.15, 0.2) is 0 Å². The van der Waals surface area contributed by atoms with Crippen LogP contribution in [0.3, 0.4) is 0 Å². The summed E-state index contributed by atoms with van der Waals surface area (Å²) < 4.78 is 3.07.